The van der Waals surface area contributed by atoms with Gasteiger partial charge in [0.05, 0.1) is 15.9 Å². The second-order valence-corrected chi connectivity index (χ2v) is 5.41. The lowest BCUT2D eigenvalue weighted by molar-refractivity contribution is 0.636. The van der Waals surface area contributed by atoms with Gasteiger partial charge in [0.1, 0.15) is 0 Å². The molecule has 17 heavy (non-hydrogen) atoms. The minimum Gasteiger partial charge on any atom is -0.358 e. The fourth-order valence-electron chi connectivity index (χ4n) is 1.91. The highest BCUT2D eigenvalue weighted by molar-refractivity contribution is 6.38. The van der Waals surface area contributed by atoms with Crippen molar-refractivity contribution in [1.82, 2.24) is 4.98 Å². The highest BCUT2D eigenvalue weighted by Crippen LogP contribution is 2.24. The molecule has 0 saturated heterocycles. The molecule has 0 unspecified atom stereocenters. The second-order valence-electron chi connectivity index (χ2n) is 4.57. The first-order valence-electron chi connectivity index (χ1n) is 5.48. The lowest BCUT2D eigenvalue weighted by atomic mass is 10.1. The Balaban J connectivity index is 2.69. The van der Waals surface area contributed by atoms with Gasteiger partial charge in [-0.15, -0.1) is 0 Å². The van der Waals surface area contributed by atoms with Crippen molar-refractivity contribution < 1.29 is 0 Å². The van der Waals surface area contributed by atoms with Crippen LogP contribution in [0.15, 0.2) is 23.0 Å². The third kappa shape index (κ3) is 2.64. The minimum absolute atomic E-state index is 0.0592. The van der Waals surface area contributed by atoms with Gasteiger partial charge in [-0.1, -0.05) is 37.0 Å². The van der Waals surface area contributed by atoms with Gasteiger partial charge >= 0.3 is 0 Å². The van der Waals surface area contributed by atoms with Crippen molar-refractivity contribution >= 4 is 34.1 Å². The van der Waals surface area contributed by atoms with E-state index in [0.29, 0.717) is 26.9 Å². The summed E-state index contributed by atoms with van der Waals surface area (Å²) in [4.78, 5) is 15.2. The number of benzene rings is 1. The molecular weight excluding hydrogens is 257 g/mol. The molecule has 4 heteroatoms. The monoisotopic (exact) mass is 269 g/mol. The van der Waals surface area contributed by atoms with Gasteiger partial charge in [0, 0.05) is 16.8 Å². The number of halogens is 2. The van der Waals surface area contributed by atoms with Crippen LogP contribution >= 0.6 is 23.2 Å². The second kappa shape index (κ2) is 4.71. The van der Waals surface area contributed by atoms with Gasteiger partial charge in [0.2, 0.25) is 0 Å². The van der Waals surface area contributed by atoms with Crippen molar-refractivity contribution in [3.63, 3.8) is 0 Å². The Bertz CT molecular complexity index is 617. The molecule has 1 aromatic carbocycles. The molecule has 1 heterocycles. The first-order valence-corrected chi connectivity index (χ1v) is 6.24. The summed E-state index contributed by atoms with van der Waals surface area (Å²) in [6, 6.07) is 4.93. The summed E-state index contributed by atoms with van der Waals surface area (Å²) in [5.74, 6) is 0.484. The van der Waals surface area contributed by atoms with Gasteiger partial charge in [0.15, 0.2) is 5.43 Å². The Morgan fingerprint density at radius 3 is 2.59 bits per heavy atom. The maximum absolute atomic E-state index is 12.0. The number of fused-ring (bicyclic) bond motifs is 1. The zero-order valence-corrected chi connectivity index (χ0v) is 11.2. The van der Waals surface area contributed by atoms with Crippen molar-refractivity contribution in [2.75, 3.05) is 0 Å². The van der Waals surface area contributed by atoms with Crippen LogP contribution in [0.4, 0.5) is 0 Å². The van der Waals surface area contributed by atoms with Crippen LogP contribution in [0.2, 0.25) is 10.0 Å². The average molecular weight is 270 g/mol. The molecule has 2 rings (SSSR count). The minimum atomic E-state index is -0.0592. The number of hydrogen-bond donors (Lipinski definition) is 1. The Morgan fingerprint density at radius 1 is 1.24 bits per heavy atom. The van der Waals surface area contributed by atoms with Crippen molar-refractivity contribution in [3.8, 4) is 0 Å². The third-order valence-electron chi connectivity index (χ3n) is 2.53. The molecule has 1 N–H and O–H groups in total. The highest BCUT2D eigenvalue weighted by atomic mass is 35.5. The van der Waals surface area contributed by atoms with Crippen molar-refractivity contribution in [1.29, 1.82) is 0 Å². The van der Waals surface area contributed by atoms with E-state index in [1.807, 2.05) is 0 Å². The van der Waals surface area contributed by atoms with Crippen LogP contribution in [-0.4, -0.2) is 4.98 Å². The molecular formula is C13H13Cl2NO. The molecule has 0 saturated carbocycles. The molecule has 0 fully saturated rings. The zero-order valence-electron chi connectivity index (χ0n) is 9.68. The average Bonchev–Trinajstić information content (AvgIpc) is 2.13. The third-order valence-corrected chi connectivity index (χ3v) is 3.05. The van der Waals surface area contributed by atoms with E-state index in [4.69, 9.17) is 23.2 Å². The van der Waals surface area contributed by atoms with Crippen LogP contribution in [-0.2, 0) is 6.42 Å². The molecule has 0 bridgehead atoms. The van der Waals surface area contributed by atoms with E-state index in [9.17, 15) is 4.79 Å². The van der Waals surface area contributed by atoms with E-state index in [1.54, 1.807) is 18.2 Å². The summed E-state index contributed by atoms with van der Waals surface area (Å²) in [7, 11) is 0. The molecule has 0 radical (unpaired) electrons. The van der Waals surface area contributed by atoms with Crippen LogP contribution in [0.25, 0.3) is 10.9 Å². The maximum Gasteiger partial charge on any atom is 0.191 e. The molecule has 2 aromatic rings. The molecule has 0 aliphatic carbocycles. The van der Waals surface area contributed by atoms with Gasteiger partial charge in [-0.25, -0.2) is 0 Å². The van der Waals surface area contributed by atoms with Gasteiger partial charge in [0.25, 0.3) is 0 Å². The number of rotatable bonds is 2. The van der Waals surface area contributed by atoms with Gasteiger partial charge in [-0.3, -0.25) is 4.79 Å². The fourth-order valence-corrected chi connectivity index (χ4v) is 2.50. The SMILES string of the molecule is CC(C)Cc1cc(=O)c2c(Cl)cc(Cl)cc2[nH]1. The summed E-state index contributed by atoms with van der Waals surface area (Å²) in [5, 5.41) is 1.42. The van der Waals surface area contributed by atoms with Crippen LogP contribution in [0, 0.1) is 5.92 Å². The molecule has 2 nitrogen and oxygen atoms in total. The zero-order chi connectivity index (χ0) is 12.6. The molecule has 1 aromatic heterocycles. The molecule has 0 amide bonds. The molecule has 0 aliphatic rings. The first kappa shape index (κ1) is 12.5. The van der Waals surface area contributed by atoms with Crippen LogP contribution in [0.1, 0.15) is 19.5 Å². The van der Waals surface area contributed by atoms with Crippen molar-refractivity contribution in [2.45, 2.75) is 20.3 Å². The van der Waals surface area contributed by atoms with Gasteiger partial charge < -0.3 is 4.98 Å². The van der Waals surface area contributed by atoms with E-state index in [-0.39, 0.29) is 5.43 Å². The number of aromatic nitrogens is 1. The normalized spacial score (nSPS) is 11.4. The highest BCUT2D eigenvalue weighted by Gasteiger charge is 2.08. The molecule has 90 valence electrons. The number of pyridine rings is 1. The molecule has 0 spiro atoms. The summed E-state index contributed by atoms with van der Waals surface area (Å²) >= 11 is 11.9. The van der Waals surface area contributed by atoms with Crippen LogP contribution in [0.5, 0.6) is 0 Å². The summed E-state index contributed by atoms with van der Waals surface area (Å²) in [6.07, 6.45) is 0.829. The largest absolute Gasteiger partial charge is 0.358 e. The van der Waals surface area contributed by atoms with Crippen LogP contribution in [0.3, 0.4) is 0 Å². The summed E-state index contributed by atoms with van der Waals surface area (Å²) in [6.45, 7) is 4.21. The van der Waals surface area contributed by atoms with E-state index in [2.05, 4.69) is 18.8 Å². The number of aromatic amines is 1. The Hall–Kier alpha value is -0.990. The van der Waals surface area contributed by atoms with Gasteiger partial charge in [-0.05, 0) is 24.5 Å². The van der Waals surface area contributed by atoms with E-state index < -0.39 is 0 Å². The van der Waals surface area contributed by atoms with E-state index in [0.717, 1.165) is 12.1 Å². The van der Waals surface area contributed by atoms with Gasteiger partial charge in [-0.2, -0.15) is 0 Å². The predicted molar refractivity (Wildman–Crippen MR) is 73.1 cm³/mol. The lowest BCUT2D eigenvalue weighted by Gasteiger charge is -2.08. The number of hydrogen-bond acceptors (Lipinski definition) is 1. The van der Waals surface area contributed by atoms with Crippen molar-refractivity contribution in [2.24, 2.45) is 5.92 Å². The van der Waals surface area contributed by atoms with E-state index in [1.165, 1.54) is 0 Å². The fraction of sp³-hybridized carbons (Fsp3) is 0.308. The molecule has 0 atom stereocenters. The predicted octanol–water partition coefficient (Wildman–Crippen LogP) is 4.03. The van der Waals surface area contributed by atoms with Crippen LogP contribution < -0.4 is 5.43 Å². The standard InChI is InChI=1S/C13H13Cl2NO/c1-7(2)3-9-6-12(17)13-10(15)4-8(14)5-11(13)16-9/h4-7H,3H2,1-2H3,(H,16,17). The Labute approximate surface area is 110 Å². The topological polar surface area (TPSA) is 32.9 Å². The quantitative estimate of drug-likeness (QED) is 0.877. The maximum atomic E-state index is 12.0. The summed E-state index contributed by atoms with van der Waals surface area (Å²) < 4.78 is 0. The first-order chi connectivity index (χ1) is 7.97. The van der Waals surface area contributed by atoms with Crippen molar-refractivity contribution in [3.05, 3.63) is 44.2 Å². The Kier molecular flexibility index (Phi) is 3.45. The number of nitrogens with one attached hydrogen (secondary N) is 1. The summed E-state index contributed by atoms with van der Waals surface area (Å²) in [5.41, 5.74) is 1.55. The molecule has 0 aliphatic heterocycles. The van der Waals surface area contributed by atoms with E-state index >= 15 is 0 Å². The number of H-pyrrole nitrogens is 1. The lowest BCUT2D eigenvalue weighted by Crippen LogP contribution is -2.07. The smallest absolute Gasteiger partial charge is 0.191 e. The Morgan fingerprint density at radius 2 is 1.94 bits per heavy atom.